The average molecular weight is 387 g/mol. The molecule has 142 valence electrons. The Kier molecular flexibility index (Phi) is 5.57. The quantitative estimate of drug-likeness (QED) is 0.875. The molecule has 2 fully saturated rings. The van der Waals surface area contributed by atoms with Crippen molar-refractivity contribution in [1.82, 2.24) is 20.1 Å². The van der Waals surface area contributed by atoms with E-state index in [4.69, 9.17) is 16.3 Å². The highest BCUT2D eigenvalue weighted by Crippen LogP contribution is 2.30. The number of nitrogens with one attached hydrogen (secondary N) is 1. The first-order chi connectivity index (χ1) is 13.2. The molecule has 27 heavy (non-hydrogen) atoms. The van der Waals surface area contributed by atoms with Gasteiger partial charge in [0.05, 0.1) is 5.02 Å². The van der Waals surface area contributed by atoms with E-state index in [2.05, 4.69) is 15.2 Å². The molecule has 1 unspecified atom stereocenters. The van der Waals surface area contributed by atoms with Crippen LogP contribution in [0, 0.1) is 0 Å². The van der Waals surface area contributed by atoms with E-state index < -0.39 is 0 Å². The van der Waals surface area contributed by atoms with Gasteiger partial charge in [-0.2, -0.15) is 0 Å². The van der Waals surface area contributed by atoms with Gasteiger partial charge in [0.15, 0.2) is 0 Å². The van der Waals surface area contributed by atoms with Crippen molar-refractivity contribution in [3.05, 3.63) is 53.3 Å². The first-order valence-corrected chi connectivity index (χ1v) is 9.70. The third-order valence-corrected chi connectivity index (χ3v) is 5.47. The summed E-state index contributed by atoms with van der Waals surface area (Å²) in [6.45, 7) is 5.74. The van der Waals surface area contributed by atoms with Gasteiger partial charge >= 0.3 is 0 Å². The van der Waals surface area contributed by atoms with Gasteiger partial charge in [0.2, 0.25) is 0 Å². The number of amides is 1. The molecule has 0 bridgehead atoms. The van der Waals surface area contributed by atoms with E-state index >= 15 is 0 Å². The molecular formula is C20H23ClN4O2. The van der Waals surface area contributed by atoms with E-state index in [0.717, 1.165) is 45.7 Å². The molecule has 0 aliphatic carbocycles. The summed E-state index contributed by atoms with van der Waals surface area (Å²) in [4.78, 5) is 21.3. The summed E-state index contributed by atoms with van der Waals surface area (Å²) in [5.41, 5.74) is 0.600. The molecular weight excluding hydrogens is 364 g/mol. The van der Waals surface area contributed by atoms with Gasteiger partial charge in [-0.1, -0.05) is 11.6 Å². The Labute approximate surface area is 164 Å². The number of pyridine rings is 1. The van der Waals surface area contributed by atoms with Gasteiger partial charge in [-0.05, 0) is 36.8 Å². The molecule has 2 aliphatic heterocycles. The van der Waals surface area contributed by atoms with Gasteiger partial charge < -0.3 is 15.0 Å². The number of carbonyl (C=O) groups excluding carboxylic acids is 1. The van der Waals surface area contributed by atoms with Crippen LogP contribution in [-0.4, -0.2) is 66.0 Å². The molecule has 2 saturated heterocycles. The Morgan fingerprint density at radius 1 is 1.15 bits per heavy atom. The highest BCUT2D eigenvalue weighted by Gasteiger charge is 2.31. The van der Waals surface area contributed by atoms with Crippen LogP contribution in [0.15, 0.2) is 42.7 Å². The third-order valence-electron chi connectivity index (χ3n) is 5.17. The van der Waals surface area contributed by atoms with Crippen molar-refractivity contribution in [2.75, 3.05) is 39.3 Å². The van der Waals surface area contributed by atoms with Crippen LogP contribution in [0.5, 0.6) is 11.5 Å². The van der Waals surface area contributed by atoms with Crippen molar-refractivity contribution < 1.29 is 9.53 Å². The van der Waals surface area contributed by atoms with Crippen LogP contribution in [0.2, 0.25) is 5.02 Å². The molecule has 0 radical (unpaired) electrons. The minimum atomic E-state index is 0.0324. The maximum absolute atomic E-state index is 12.9. The summed E-state index contributed by atoms with van der Waals surface area (Å²) < 4.78 is 5.76. The second-order valence-corrected chi connectivity index (χ2v) is 7.32. The van der Waals surface area contributed by atoms with Gasteiger partial charge in [0.25, 0.3) is 5.91 Å². The molecule has 6 nitrogen and oxygen atoms in total. The second kappa shape index (κ2) is 8.25. The van der Waals surface area contributed by atoms with Crippen molar-refractivity contribution in [2.45, 2.75) is 12.5 Å². The largest absolute Gasteiger partial charge is 0.456 e. The number of halogens is 1. The fourth-order valence-electron chi connectivity index (χ4n) is 3.70. The summed E-state index contributed by atoms with van der Waals surface area (Å²) in [5.74, 6) is 1.22. The summed E-state index contributed by atoms with van der Waals surface area (Å²) in [6, 6.07) is 9.20. The zero-order chi connectivity index (χ0) is 18.6. The average Bonchev–Trinajstić information content (AvgIpc) is 3.21. The van der Waals surface area contributed by atoms with Gasteiger partial charge in [-0.15, -0.1) is 0 Å². The number of benzene rings is 1. The van der Waals surface area contributed by atoms with Crippen LogP contribution >= 0.6 is 11.6 Å². The van der Waals surface area contributed by atoms with Gasteiger partial charge in [-0.25, -0.2) is 0 Å². The van der Waals surface area contributed by atoms with Gasteiger partial charge in [0, 0.05) is 63.3 Å². The number of hydrogen-bond acceptors (Lipinski definition) is 5. The highest BCUT2D eigenvalue weighted by atomic mass is 35.5. The first kappa shape index (κ1) is 18.2. The number of likely N-dealkylation sites (tertiary alicyclic amines) is 1. The van der Waals surface area contributed by atoms with E-state index in [-0.39, 0.29) is 5.91 Å². The number of ether oxygens (including phenoxy) is 1. The van der Waals surface area contributed by atoms with Crippen molar-refractivity contribution in [2.24, 2.45) is 0 Å². The molecule has 4 rings (SSSR count). The van der Waals surface area contributed by atoms with Crippen LogP contribution in [0.3, 0.4) is 0 Å². The summed E-state index contributed by atoms with van der Waals surface area (Å²) in [7, 11) is 0. The Hall–Kier alpha value is -2.15. The lowest BCUT2D eigenvalue weighted by molar-refractivity contribution is 0.0773. The van der Waals surface area contributed by atoms with Crippen molar-refractivity contribution in [1.29, 1.82) is 0 Å². The summed E-state index contributed by atoms with van der Waals surface area (Å²) >= 11 is 6.35. The standard InChI is InChI=1S/C20H23ClN4O2/c21-18-13-15(1-2-19(18)27-17-3-6-22-7-4-17)20(26)25-10-5-16(14-25)24-11-8-23-9-12-24/h1-4,6-7,13,16,23H,5,8-12,14H2. The molecule has 2 aliphatic rings. The number of hydrogen-bond donors (Lipinski definition) is 1. The monoisotopic (exact) mass is 386 g/mol. The van der Waals surface area contributed by atoms with Crippen LogP contribution in [0.25, 0.3) is 0 Å². The van der Waals surface area contributed by atoms with E-state index in [1.807, 2.05) is 4.90 Å². The molecule has 0 spiro atoms. The van der Waals surface area contributed by atoms with Crippen LogP contribution in [0.1, 0.15) is 16.8 Å². The fraction of sp³-hybridized carbons (Fsp3) is 0.400. The number of nitrogens with zero attached hydrogens (tertiary/aromatic N) is 3. The van der Waals surface area contributed by atoms with Crippen LogP contribution in [0.4, 0.5) is 0 Å². The maximum Gasteiger partial charge on any atom is 0.253 e. The Bertz CT molecular complexity index is 796. The third kappa shape index (κ3) is 4.24. The smallest absolute Gasteiger partial charge is 0.253 e. The van der Waals surface area contributed by atoms with Crippen molar-refractivity contribution >= 4 is 17.5 Å². The van der Waals surface area contributed by atoms with Crippen molar-refractivity contribution in [3.8, 4) is 11.5 Å². The SMILES string of the molecule is O=C(c1ccc(Oc2ccncc2)c(Cl)c1)N1CCC(N2CCNCC2)C1. The van der Waals surface area contributed by atoms with Gasteiger partial charge in [0.1, 0.15) is 11.5 Å². The van der Waals surface area contributed by atoms with Crippen LogP contribution in [-0.2, 0) is 0 Å². The topological polar surface area (TPSA) is 57.7 Å². The molecule has 3 heterocycles. The van der Waals surface area contributed by atoms with E-state index in [1.54, 1.807) is 42.7 Å². The van der Waals surface area contributed by atoms with E-state index in [1.165, 1.54) is 0 Å². The highest BCUT2D eigenvalue weighted by molar-refractivity contribution is 6.32. The molecule has 7 heteroatoms. The normalized spacial score (nSPS) is 20.6. The Morgan fingerprint density at radius 2 is 1.93 bits per heavy atom. The molecule has 1 N–H and O–H groups in total. The Morgan fingerprint density at radius 3 is 2.67 bits per heavy atom. The summed E-state index contributed by atoms with van der Waals surface area (Å²) in [6.07, 6.45) is 4.34. The molecule has 1 amide bonds. The predicted octanol–water partition coefficient (Wildman–Crippen LogP) is 2.65. The lowest BCUT2D eigenvalue weighted by Gasteiger charge is -2.32. The lowest BCUT2D eigenvalue weighted by Crippen LogP contribution is -2.49. The lowest BCUT2D eigenvalue weighted by atomic mass is 10.2. The van der Waals surface area contributed by atoms with Crippen LogP contribution < -0.4 is 10.1 Å². The minimum Gasteiger partial charge on any atom is -0.456 e. The molecule has 1 atom stereocenters. The molecule has 1 aromatic heterocycles. The minimum absolute atomic E-state index is 0.0324. The Balaban J connectivity index is 1.41. The van der Waals surface area contributed by atoms with E-state index in [9.17, 15) is 4.79 Å². The number of rotatable bonds is 4. The molecule has 0 saturated carbocycles. The van der Waals surface area contributed by atoms with Crippen molar-refractivity contribution in [3.63, 3.8) is 0 Å². The number of aromatic nitrogens is 1. The maximum atomic E-state index is 12.9. The molecule has 1 aromatic carbocycles. The number of piperazine rings is 1. The predicted molar refractivity (Wildman–Crippen MR) is 105 cm³/mol. The van der Waals surface area contributed by atoms with Gasteiger partial charge in [-0.3, -0.25) is 14.7 Å². The summed E-state index contributed by atoms with van der Waals surface area (Å²) in [5, 5.41) is 3.80. The zero-order valence-electron chi connectivity index (χ0n) is 15.1. The van der Waals surface area contributed by atoms with E-state index in [0.29, 0.717) is 28.1 Å². The molecule has 2 aromatic rings. The second-order valence-electron chi connectivity index (χ2n) is 6.91. The first-order valence-electron chi connectivity index (χ1n) is 9.32. The number of carbonyl (C=O) groups is 1. The zero-order valence-corrected chi connectivity index (χ0v) is 15.9. The fourth-order valence-corrected chi connectivity index (χ4v) is 3.92.